The highest BCUT2D eigenvalue weighted by atomic mass is 32.2. The van der Waals surface area contributed by atoms with E-state index >= 15 is 0 Å². The Morgan fingerprint density at radius 3 is 2.33 bits per heavy atom. The Bertz CT molecular complexity index is 753. The van der Waals surface area contributed by atoms with Crippen molar-refractivity contribution in [3.63, 3.8) is 0 Å². The Kier molecular flexibility index (Phi) is 4.72. The summed E-state index contributed by atoms with van der Waals surface area (Å²) in [6.07, 6.45) is 0. The predicted octanol–water partition coefficient (Wildman–Crippen LogP) is 2.11. The first-order valence-electron chi connectivity index (χ1n) is 6.34. The van der Waals surface area contributed by atoms with Crippen molar-refractivity contribution in [1.82, 2.24) is 4.72 Å². The summed E-state index contributed by atoms with van der Waals surface area (Å²) in [7, 11) is -3.52. The van der Waals surface area contributed by atoms with Crippen LogP contribution in [0.2, 0.25) is 0 Å². The number of rotatable bonds is 5. The van der Waals surface area contributed by atoms with Gasteiger partial charge in [-0.15, -0.1) is 0 Å². The highest BCUT2D eigenvalue weighted by Gasteiger charge is 2.15. The van der Waals surface area contributed by atoms with E-state index in [0.717, 1.165) is 11.1 Å². The van der Waals surface area contributed by atoms with Crippen molar-refractivity contribution >= 4 is 27.2 Å². The highest BCUT2D eigenvalue weighted by Crippen LogP contribution is 2.14. The molecule has 0 aliphatic carbocycles. The number of benzene rings is 2. The van der Waals surface area contributed by atoms with E-state index in [4.69, 9.17) is 18.0 Å². The summed E-state index contributed by atoms with van der Waals surface area (Å²) in [4.78, 5) is 0.617. The Morgan fingerprint density at radius 1 is 1.14 bits per heavy atom. The molecule has 4 nitrogen and oxygen atoms in total. The Balaban J connectivity index is 2.12. The van der Waals surface area contributed by atoms with Crippen LogP contribution in [0.25, 0.3) is 0 Å². The molecule has 0 saturated carbocycles. The van der Waals surface area contributed by atoms with Crippen molar-refractivity contribution < 1.29 is 8.42 Å². The van der Waals surface area contributed by atoms with Crippen LogP contribution in [0.3, 0.4) is 0 Å². The first-order chi connectivity index (χ1) is 9.90. The van der Waals surface area contributed by atoms with E-state index in [1.807, 2.05) is 6.07 Å². The number of thiocarbonyl (C=S) groups is 1. The lowest BCUT2D eigenvalue weighted by Gasteiger charge is -2.09. The van der Waals surface area contributed by atoms with Gasteiger partial charge in [0.2, 0.25) is 10.0 Å². The third kappa shape index (κ3) is 3.87. The largest absolute Gasteiger partial charge is 0.389 e. The van der Waals surface area contributed by atoms with E-state index in [-0.39, 0.29) is 6.54 Å². The molecule has 6 heteroatoms. The fourth-order valence-corrected chi connectivity index (χ4v) is 3.30. The van der Waals surface area contributed by atoms with Crippen LogP contribution in [0, 0.1) is 6.92 Å². The van der Waals surface area contributed by atoms with Crippen LogP contribution in [0.1, 0.15) is 16.7 Å². The van der Waals surface area contributed by atoms with Crippen LogP contribution in [0.4, 0.5) is 0 Å². The number of hydrogen-bond donors (Lipinski definition) is 2. The maximum Gasteiger partial charge on any atom is 0.241 e. The molecule has 0 fully saturated rings. The molecule has 0 atom stereocenters. The molecular formula is C15H16N2O2S2. The first-order valence-corrected chi connectivity index (χ1v) is 8.23. The summed E-state index contributed by atoms with van der Waals surface area (Å²) in [5.74, 6) is 0. The van der Waals surface area contributed by atoms with Crippen molar-refractivity contribution in [3.8, 4) is 0 Å². The van der Waals surface area contributed by atoms with Gasteiger partial charge in [-0.25, -0.2) is 13.1 Å². The number of hydrogen-bond acceptors (Lipinski definition) is 3. The molecular weight excluding hydrogens is 304 g/mol. The van der Waals surface area contributed by atoms with E-state index in [9.17, 15) is 8.42 Å². The van der Waals surface area contributed by atoms with E-state index < -0.39 is 10.0 Å². The fourth-order valence-electron chi connectivity index (χ4n) is 1.90. The fraction of sp³-hybridized carbons (Fsp3) is 0.133. The molecule has 0 bridgehead atoms. The lowest BCUT2D eigenvalue weighted by molar-refractivity contribution is 0.580. The number of sulfonamides is 1. The second-order valence-corrected chi connectivity index (χ2v) is 6.83. The standard InChI is InChI=1S/C15H16N2O2S2/c1-11-4-2-3-5-14(11)21(18,19)17-10-12-6-8-13(9-7-12)15(16)20/h2-9,17H,10H2,1H3,(H2,16,20). The maximum absolute atomic E-state index is 12.2. The molecule has 0 aliphatic rings. The first kappa shape index (κ1) is 15.6. The topological polar surface area (TPSA) is 72.2 Å². The average molecular weight is 320 g/mol. The Labute approximate surface area is 130 Å². The minimum Gasteiger partial charge on any atom is -0.389 e. The SMILES string of the molecule is Cc1ccccc1S(=O)(=O)NCc1ccc(C(N)=S)cc1. The minimum atomic E-state index is -3.52. The third-order valence-electron chi connectivity index (χ3n) is 3.09. The Morgan fingerprint density at radius 2 is 1.76 bits per heavy atom. The van der Waals surface area contributed by atoms with Gasteiger partial charge in [0.05, 0.1) is 4.90 Å². The smallest absolute Gasteiger partial charge is 0.241 e. The summed E-state index contributed by atoms with van der Waals surface area (Å²) in [6.45, 7) is 1.99. The van der Waals surface area contributed by atoms with Crippen LogP contribution in [0.5, 0.6) is 0 Å². The number of nitrogens with two attached hydrogens (primary N) is 1. The van der Waals surface area contributed by atoms with Crippen molar-refractivity contribution in [2.24, 2.45) is 5.73 Å². The minimum absolute atomic E-state index is 0.217. The van der Waals surface area contributed by atoms with Crippen LogP contribution in [0.15, 0.2) is 53.4 Å². The molecule has 0 saturated heterocycles. The average Bonchev–Trinajstić information content (AvgIpc) is 2.46. The van der Waals surface area contributed by atoms with Gasteiger partial charge in [-0.2, -0.15) is 0 Å². The van der Waals surface area contributed by atoms with Gasteiger partial charge in [-0.3, -0.25) is 0 Å². The number of aryl methyl sites for hydroxylation is 1. The summed E-state index contributed by atoms with van der Waals surface area (Å²) >= 11 is 4.87. The monoisotopic (exact) mass is 320 g/mol. The molecule has 0 aromatic heterocycles. The zero-order chi connectivity index (χ0) is 15.5. The highest BCUT2D eigenvalue weighted by molar-refractivity contribution is 7.89. The molecule has 110 valence electrons. The zero-order valence-electron chi connectivity index (χ0n) is 11.5. The van der Waals surface area contributed by atoms with E-state index in [1.165, 1.54) is 0 Å². The van der Waals surface area contributed by atoms with Crippen LogP contribution >= 0.6 is 12.2 Å². The number of nitrogens with one attached hydrogen (secondary N) is 1. The van der Waals surface area contributed by atoms with Crippen LogP contribution < -0.4 is 10.5 Å². The maximum atomic E-state index is 12.2. The van der Waals surface area contributed by atoms with Crippen molar-refractivity contribution in [2.75, 3.05) is 0 Å². The molecule has 2 aromatic carbocycles. The van der Waals surface area contributed by atoms with Crippen molar-refractivity contribution in [1.29, 1.82) is 0 Å². The predicted molar refractivity (Wildman–Crippen MR) is 87.5 cm³/mol. The molecule has 0 heterocycles. The molecule has 0 spiro atoms. The quantitative estimate of drug-likeness (QED) is 0.828. The molecule has 3 N–H and O–H groups in total. The molecule has 0 aliphatic heterocycles. The summed E-state index contributed by atoms with van der Waals surface area (Å²) in [6, 6.07) is 14.0. The van der Waals surface area contributed by atoms with Crippen molar-refractivity contribution in [3.05, 3.63) is 65.2 Å². The molecule has 21 heavy (non-hydrogen) atoms. The van der Waals surface area contributed by atoms with Gasteiger partial charge in [0.25, 0.3) is 0 Å². The van der Waals surface area contributed by atoms with E-state index in [0.29, 0.717) is 15.4 Å². The normalized spacial score (nSPS) is 11.3. The second-order valence-electron chi connectivity index (χ2n) is 4.65. The third-order valence-corrected chi connectivity index (χ3v) is 4.89. The molecule has 2 rings (SSSR count). The van der Waals surface area contributed by atoms with Gasteiger partial charge in [0.1, 0.15) is 4.99 Å². The molecule has 0 unspecified atom stereocenters. The Hall–Kier alpha value is -1.76. The molecule has 2 aromatic rings. The lowest BCUT2D eigenvalue weighted by Crippen LogP contribution is -2.24. The van der Waals surface area contributed by atoms with Crippen LogP contribution in [-0.2, 0) is 16.6 Å². The van der Waals surface area contributed by atoms with Gasteiger partial charge >= 0.3 is 0 Å². The zero-order valence-corrected chi connectivity index (χ0v) is 13.2. The molecule has 0 amide bonds. The second kappa shape index (κ2) is 6.34. The van der Waals surface area contributed by atoms with Gasteiger partial charge in [0.15, 0.2) is 0 Å². The van der Waals surface area contributed by atoms with E-state index in [1.54, 1.807) is 49.4 Å². The lowest BCUT2D eigenvalue weighted by atomic mass is 10.1. The van der Waals surface area contributed by atoms with E-state index in [2.05, 4.69) is 4.72 Å². The van der Waals surface area contributed by atoms with Crippen molar-refractivity contribution in [2.45, 2.75) is 18.4 Å². The summed E-state index contributed by atoms with van der Waals surface area (Å²) in [5.41, 5.74) is 7.84. The van der Waals surface area contributed by atoms with Gasteiger partial charge in [0, 0.05) is 12.1 Å². The summed E-state index contributed by atoms with van der Waals surface area (Å²) in [5, 5.41) is 0. The van der Waals surface area contributed by atoms with Gasteiger partial charge in [-0.1, -0.05) is 54.7 Å². The summed E-state index contributed by atoms with van der Waals surface area (Å²) < 4.78 is 27.1. The van der Waals surface area contributed by atoms with Gasteiger partial charge < -0.3 is 5.73 Å². The van der Waals surface area contributed by atoms with Crippen LogP contribution in [-0.4, -0.2) is 13.4 Å². The van der Waals surface area contributed by atoms with Gasteiger partial charge in [-0.05, 0) is 24.1 Å². The molecule has 0 radical (unpaired) electrons.